The Morgan fingerprint density at radius 2 is 2.00 bits per heavy atom. The molecule has 0 aromatic carbocycles. The molecule has 0 atom stereocenters. The topological polar surface area (TPSA) is 102 Å². The summed E-state index contributed by atoms with van der Waals surface area (Å²) in [6.45, 7) is 2.72. The Hall–Kier alpha value is -3.07. The van der Waals surface area contributed by atoms with Gasteiger partial charge in [-0.1, -0.05) is 11.3 Å². The van der Waals surface area contributed by atoms with Crippen LogP contribution in [-0.2, 0) is 11.3 Å². The highest BCUT2D eigenvalue weighted by Gasteiger charge is 2.12. The predicted octanol–water partition coefficient (Wildman–Crippen LogP) is 2.86. The van der Waals surface area contributed by atoms with Gasteiger partial charge >= 0.3 is 5.97 Å². The molecule has 0 aliphatic rings. The molecular weight excluding hydrogens is 340 g/mol. The number of hydrogen-bond donors (Lipinski definition) is 2. The molecule has 0 saturated heterocycles. The molecule has 0 amide bonds. The lowest BCUT2D eigenvalue weighted by Crippen LogP contribution is -2.03. The van der Waals surface area contributed by atoms with Crippen LogP contribution in [0.2, 0.25) is 0 Å². The Labute approximate surface area is 148 Å². The first kappa shape index (κ1) is 16.8. The van der Waals surface area contributed by atoms with Crippen molar-refractivity contribution in [3.8, 4) is 0 Å². The number of rotatable bonds is 7. The second kappa shape index (κ2) is 8.15. The smallest absolute Gasteiger partial charge is 0.350 e. The zero-order chi connectivity index (χ0) is 17.5. The van der Waals surface area contributed by atoms with Crippen LogP contribution in [0.15, 0.2) is 43.1 Å². The minimum absolute atomic E-state index is 0.331. The van der Waals surface area contributed by atoms with Crippen molar-refractivity contribution in [2.75, 3.05) is 17.2 Å². The molecule has 3 aromatic rings. The van der Waals surface area contributed by atoms with Gasteiger partial charge in [0.25, 0.3) is 0 Å². The number of carbonyl (C=O) groups excluding carboxylic acids is 1. The molecule has 25 heavy (non-hydrogen) atoms. The molecule has 9 heteroatoms. The van der Waals surface area contributed by atoms with Crippen LogP contribution in [0.4, 0.5) is 16.8 Å². The van der Waals surface area contributed by atoms with Gasteiger partial charge < -0.3 is 15.4 Å². The zero-order valence-electron chi connectivity index (χ0n) is 13.5. The molecule has 8 nitrogen and oxygen atoms in total. The highest BCUT2D eigenvalue weighted by molar-refractivity contribution is 7.17. The van der Waals surface area contributed by atoms with E-state index in [0.29, 0.717) is 34.8 Å². The Morgan fingerprint density at radius 3 is 2.80 bits per heavy atom. The van der Waals surface area contributed by atoms with E-state index >= 15 is 0 Å². The standard InChI is InChI=1S/C16H16N6O2S/c1-2-24-15(23)12-9-19-16(25-12)22-14-7-13(20-10-21-14)18-8-11-3-5-17-6-4-11/h3-7,9-10H,2,8H2,1H3,(H2,18,19,20,21,22). The second-order valence-electron chi connectivity index (χ2n) is 4.87. The Bertz CT molecular complexity index is 839. The Morgan fingerprint density at radius 1 is 1.20 bits per heavy atom. The van der Waals surface area contributed by atoms with E-state index in [4.69, 9.17) is 4.74 Å². The molecule has 3 heterocycles. The van der Waals surface area contributed by atoms with E-state index in [-0.39, 0.29) is 5.97 Å². The van der Waals surface area contributed by atoms with Crippen molar-refractivity contribution in [2.45, 2.75) is 13.5 Å². The third kappa shape index (κ3) is 4.70. The molecule has 0 unspecified atom stereocenters. The number of aromatic nitrogens is 4. The normalized spacial score (nSPS) is 10.3. The molecule has 0 fully saturated rings. The molecular formula is C16H16N6O2S. The third-order valence-electron chi connectivity index (χ3n) is 3.11. The highest BCUT2D eigenvalue weighted by Crippen LogP contribution is 2.23. The van der Waals surface area contributed by atoms with Crippen LogP contribution >= 0.6 is 11.3 Å². The van der Waals surface area contributed by atoms with Gasteiger partial charge in [-0.2, -0.15) is 0 Å². The highest BCUT2D eigenvalue weighted by atomic mass is 32.1. The summed E-state index contributed by atoms with van der Waals surface area (Å²) in [5.74, 6) is 0.879. The molecule has 128 valence electrons. The molecule has 0 saturated carbocycles. The van der Waals surface area contributed by atoms with Crippen LogP contribution in [0.25, 0.3) is 0 Å². The lowest BCUT2D eigenvalue weighted by atomic mass is 10.3. The SMILES string of the molecule is CCOC(=O)c1cnc(Nc2cc(NCc3ccncc3)ncn2)s1. The average molecular weight is 356 g/mol. The van der Waals surface area contributed by atoms with Crippen molar-refractivity contribution in [2.24, 2.45) is 0 Å². The minimum atomic E-state index is -0.379. The summed E-state index contributed by atoms with van der Waals surface area (Å²) >= 11 is 1.21. The van der Waals surface area contributed by atoms with E-state index in [9.17, 15) is 4.79 Å². The molecule has 0 aliphatic heterocycles. The van der Waals surface area contributed by atoms with Gasteiger partial charge in [0.2, 0.25) is 0 Å². The molecule has 0 aliphatic carbocycles. The van der Waals surface area contributed by atoms with E-state index in [1.54, 1.807) is 25.4 Å². The number of ether oxygens (including phenoxy) is 1. The molecule has 3 aromatic heterocycles. The zero-order valence-corrected chi connectivity index (χ0v) is 14.3. The Balaban J connectivity index is 1.62. The van der Waals surface area contributed by atoms with E-state index in [2.05, 4.69) is 30.6 Å². The molecule has 0 spiro atoms. The fourth-order valence-electron chi connectivity index (χ4n) is 1.95. The molecule has 2 N–H and O–H groups in total. The Kier molecular flexibility index (Phi) is 5.47. The number of anilines is 3. The summed E-state index contributed by atoms with van der Waals surface area (Å²) in [6.07, 6.45) is 6.42. The predicted molar refractivity (Wildman–Crippen MR) is 94.9 cm³/mol. The maximum atomic E-state index is 11.7. The summed E-state index contributed by atoms with van der Waals surface area (Å²) in [7, 11) is 0. The van der Waals surface area contributed by atoms with Crippen molar-refractivity contribution in [1.82, 2.24) is 19.9 Å². The van der Waals surface area contributed by atoms with Gasteiger partial charge in [0.15, 0.2) is 5.13 Å². The number of thiazole rings is 1. The van der Waals surface area contributed by atoms with Crippen molar-refractivity contribution >= 4 is 34.1 Å². The van der Waals surface area contributed by atoms with Crippen molar-refractivity contribution < 1.29 is 9.53 Å². The van der Waals surface area contributed by atoms with E-state index < -0.39 is 0 Å². The van der Waals surface area contributed by atoms with E-state index in [0.717, 1.165) is 5.56 Å². The first-order chi connectivity index (χ1) is 12.2. The average Bonchev–Trinajstić information content (AvgIpc) is 3.10. The first-order valence-electron chi connectivity index (χ1n) is 7.59. The van der Waals surface area contributed by atoms with Crippen molar-refractivity contribution in [3.63, 3.8) is 0 Å². The van der Waals surface area contributed by atoms with Gasteiger partial charge in [-0.3, -0.25) is 4.98 Å². The number of nitrogens with zero attached hydrogens (tertiary/aromatic N) is 4. The second-order valence-corrected chi connectivity index (χ2v) is 5.90. The van der Waals surface area contributed by atoms with Crippen LogP contribution in [0.1, 0.15) is 22.2 Å². The van der Waals surface area contributed by atoms with Gasteiger partial charge in [-0.05, 0) is 24.6 Å². The minimum Gasteiger partial charge on any atom is -0.462 e. The van der Waals surface area contributed by atoms with Crippen molar-refractivity contribution in [1.29, 1.82) is 0 Å². The number of nitrogens with one attached hydrogen (secondary N) is 2. The maximum Gasteiger partial charge on any atom is 0.350 e. The lowest BCUT2D eigenvalue weighted by molar-refractivity contribution is 0.0532. The number of carbonyl (C=O) groups is 1. The first-order valence-corrected chi connectivity index (χ1v) is 8.41. The summed E-state index contributed by atoms with van der Waals surface area (Å²) < 4.78 is 4.95. The van der Waals surface area contributed by atoms with Crippen LogP contribution in [0.3, 0.4) is 0 Å². The fraction of sp³-hybridized carbons (Fsp3) is 0.188. The quantitative estimate of drug-likeness (QED) is 0.623. The van der Waals surface area contributed by atoms with Gasteiger partial charge in [-0.25, -0.2) is 19.7 Å². The number of esters is 1. The largest absolute Gasteiger partial charge is 0.462 e. The fourth-order valence-corrected chi connectivity index (χ4v) is 2.67. The third-order valence-corrected chi connectivity index (χ3v) is 4.00. The van der Waals surface area contributed by atoms with Crippen LogP contribution < -0.4 is 10.6 Å². The van der Waals surface area contributed by atoms with Crippen LogP contribution in [-0.4, -0.2) is 32.5 Å². The number of pyridine rings is 1. The van der Waals surface area contributed by atoms with Gasteiger partial charge in [0.05, 0.1) is 12.8 Å². The van der Waals surface area contributed by atoms with Gasteiger partial charge in [0.1, 0.15) is 22.8 Å². The monoisotopic (exact) mass is 356 g/mol. The van der Waals surface area contributed by atoms with Gasteiger partial charge in [-0.15, -0.1) is 0 Å². The summed E-state index contributed by atoms with van der Waals surface area (Å²) in [6, 6.07) is 5.63. The van der Waals surface area contributed by atoms with E-state index in [1.807, 2.05) is 12.1 Å². The summed E-state index contributed by atoms with van der Waals surface area (Å²) in [4.78, 5) is 28.6. The maximum absolute atomic E-state index is 11.7. The number of hydrogen-bond acceptors (Lipinski definition) is 9. The molecule has 3 rings (SSSR count). The molecule has 0 bridgehead atoms. The van der Waals surface area contributed by atoms with Crippen LogP contribution in [0, 0.1) is 0 Å². The summed E-state index contributed by atoms with van der Waals surface area (Å²) in [5.41, 5.74) is 1.10. The van der Waals surface area contributed by atoms with Gasteiger partial charge in [0, 0.05) is 25.0 Å². The van der Waals surface area contributed by atoms with Crippen molar-refractivity contribution in [3.05, 3.63) is 53.6 Å². The summed E-state index contributed by atoms with van der Waals surface area (Å²) in [5, 5.41) is 6.83. The lowest BCUT2D eigenvalue weighted by Gasteiger charge is -2.07. The van der Waals surface area contributed by atoms with E-state index in [1.165, 1.54) is 23.9 Å². The van der Waals surface area contributed by atoms with Crippen LogP contribution in [0.5, 0.6) is 0 Å². The molecule has 0 radical (unpaired) electrons.